The summed E-state index contributed by atoms with van der Waals surface area (Å²) in [4.78, 5) is 4.45. The lowest BCUT2D eigenvalue weighted by Gasteiger charge is -1.93. The number of nitrogens with zero attached hydrogens (tertiary/aromatic N) is 1. The molecule has 0 aliphatic rings. The van der Waals surface area contributed by atoms with Crippen LogP contribution in [0.5, 0.6) is 0 Å². The third-order valence-corrected chi connectivity index (χ3v) is 1.28. The van der Waals surface area contributed by atoms with Crippen LogP contribution in [0.2, 0.25) is 0 Å². The zero-order valence-electron chi connectivity index (χ0n) is 4.95. The molecule has 0 bridgehead atoms. The predicted molar refractivity (Wildman–Crippen MR) is 35.8 cm³/mol. The Hall–Kier alpha value is -0.420. The van der Waals surface area contributed by atoms with Crippen molar-refractivity contribution in [3.8, 4) is 0 Å². The Balaban J connectivity index is 2.91. The maximum Gasteiger partial charge on any atom is 0.152 e. The molecule has 0 saturated carbocycles. The van der Waals surface area contributed by atoms with Crippen LogP contribution in [0.25, 0.3) is 0 Å². The van der Waals surface area contributed by atoms with Gasteiger partial charge in [-0.05, 0) is 6.42 Å². The molecule has 0 aromatic carbocycles. The number of rotatable bonds is 5. The van der Waals surface area contributed by atoms with E-state index < -0.39 is 11.1 Å². The summed E-state index contributed by atoms with van der Waals surface area (Å²) in [7, 11) is 0. The van der Waals surface area contributed by atoms with Crippen LogP contribution >= 0.6 is 0 Å². The van der Waals surface area contributed by atoms with E-state index in [4.69, 9.17) is 4.55 Å². The average molecular weight is 151 g/mol. The fourth-order valence-corrected chi connectivity index (χ4v) is 0.676. The van der Waals surface area contributed by atoms with Gasteiger partial charge in [-0.2, -0.15) is 0 Å². The van der Waals surface area contributed by atoms with Gasteiger partial charge in [0.1, 0.15) is 6.61 Å². The molecule has 0 aliphatic heterocycles. The molecule has 0 heterocycles. The first-order chi connectivity index (χ1) is 4.27. The molecule has 0 amide bonds. The highest BCUT2D eigenvalue weighted by atomic mass is 32.2. The minimum absolute atomic E-state index is 0.232. The summed E-state index contributed by atoms with van der Waals surface area (Å²) < 4.78 is 18.2. The molecule has 0 radical (unpaired) electrons. The van der Waals surface area contributed by atoms with E-state index in [0.717, 1.165) is 0 Å². The largest absolute Gasteiger partial charge is 0.396 e. The van der Waals surface area contributed by atoms with Crippen molar-refractivity contribution in [2.75, 3.05) is 12.4 Å². The minimum Gasteiger partial charge on any atom is -0.396 e. The van der Waals surface area contributed by atoms with Gasteiger partial charge >= 0.3 is 0 Å². The second-order valence-corrected chi connectivity index (χ2v) is 2.39. The Morgan fingerprint density at radius 2 is 2.44 bits per heavy atom. The standard InChI is InChI=1S/C4H9NO3S/c1-5-8-3-2-4-9(6)7/h1-4H2,(H,6,7). The monoisotopic (exact) mass is 151 g/mol. The molecule has 54 valence electrons. The molecule has 0 fully saturated rings. The molecule has 5 heteroatoms. The zero-order chi connectivity index (χ0) is 7.11. The fraction of sp³-hybridized carbons (Fsp3) is 0.750. The van der Waals surface area contributed by atoms with E-state index in [-0.39, 0.29) is 5.75 Å². The van der Waals surface area contributed by atoms with Crippen LogP contribution in [0.4, 0.5) is 0 Å². The van der Waals surface area contributed by atoms with Gasteiger partial charge in [-0.15, -0.1) is 5.16 Å². The topological polar surface area (TPSA) is 58.9 Å². The van der Waals surface area contributed by atoms with E-state index in [2.05, 4.69) is 16.7 Å². The first-order valence-electron chi connectivity index (χ1n) is 2.43. The molecule has 0 saturated heterocycles. The molecular formula is C4H9NO3S. The van der Waals surface area contributed by atoms with Crippen molar-refractivity contribution in [3.05, 3.63) is 0 Å². The number of hydrogen-bond acceptors (Lipinski definition) is 3. The van der Waals surface area contributed by atoms with Crippen molar-refractivity contribution in [2.24, 2.45) is 5.16 Å². The Morgan fingerprint density at radius 1 is 1.78 bits per heavy atom. The summed E-state index contributed by atoms with van der Waals surface area (Å²) in [6.45, 7) is 3.42. The van der Waals surface area contributed by atoms with Gasteiger partial charge in [0.2, 0.25) is 0 Å². The second kappa shape index (κ2) is 5.71. The molecule has 0 spiro atoms. The van der Waals surface area contributed by atoms with E-state index in [0.29, 0.717) is 13.0 Å². The molecule has 9 heavy (non-hydrogen) atoms. The summed E-state index contributed by atoms with van der Waals surface area (Å²) in [6.07, 6.45) is 0.530. The van der Waals surface area contributed by atoms with Gasteiger partial charge in [0.15, 0.2) is 11.1 Å². The highest BCUT2D eigenvalue weighted by molar-refractivity contribution is 7.79. The van der Waals surface area contributed by atoms with Gasteiger partial charge in [-0.25, -0.2) is 4.21 Å². The van der Waals surface area contributed by atoms with E-state index in [9.17, 15) is 4.21 Å². The minimum atomic E-state index is -1.71. The van der Waals surface area contributed by atoms with E-state index in [1.807, 2.05) is 0 Å². The van der Waals surface area contributed by atoms with Crippen molar-refractivity contribution in [1.82, 2.24) is 0 Å². The Morgan fingerprint density at radius 3 is 2.89 bits per heavy atom. The molecular weight excluding hydrogens is 142 g/mol. The Bertz CT molecular complexity index is 106. The van der Waals surface area contributed by atoms with Gasteiger partial charge in [0, 0.05) is 6.72 Å². The maximum atomic E-state index is 9.97. The first kappa shape index (κ1) is 8.58. The smallest absolute Gasteiger partial charge is 0.152 e. The van der Waals surface area contributed by atoms with Gasteiger partial charge in [-0.1, -0.05) is 0 Å². The highest BCUT2D eigenvalue weighted by Crippen LogP contribution is 1.84. The van der Waals surface area contributed by atoms with Crippen molar-refractivity contribution >= 4 is 17.8 Å². The van der Waals surface area contributed by atoms with Crippen LogP contribution in [0.3, 0.4) is 0 Å². The van der Waals surface area contributed by atoms with E-state index in [1.165, 1.54) is 0 Å². The van der Waals surface area contributed by atoms with Crippen molar-refractivity contribution < 1.29 is 13.6 Å². The third-order valence-electron chi connectivity index (χ3n) is 0.646. The molecule has 4 nitrogen and oxygen atoms in total. The Kier molecular flexibility index (Phi) is 5.45. The summed E-state index contributed by atoms with van der Waals surface area (Å²) in [5.74, 6) is 0.232. The molecule has 1 N–H and O–H groups in total. The van der Waals surface area contributed by atoms with Crippen LogP contribution in [-0.2, 0) is 15.9 Å². The van der Waals surface area contributed by atoms with Crippen molar-refractivity contribution in [2.45, 2.75) is 6.42 Å². The molecule has 1 unspecified atom stereocenters. The van der Waals surface area contributed by atoms with Crippen molar-refractivity contribution in [3.63, 3.8) is 0 Å². The summed E-state index contributed by atoms with van der Waals surface area (Å²) in [5, 5.41) is 3.10. The second-order valence-electron chi connectivity index (χ2n) is 1.34. The molecule has 1 atom stereocenters. The molecule has 0 aliphatic carbocycles. The summed E-state index contributed by atoms with van der Waals surface area (Å²) in [6, 6.07) is 0. The third kappa shape index (κ3) is 7.58. The van der Waals surface area contributed by atoms with Gasteiger partial charge in [-0.3, -0.25) is 0 Å². The SMILES string of the molecule is C=NOCCCS(=O)O. The van der Waals surface area contributed by atoms with Gasteiger partial charge < -0.3 is 9.39 Å². The van der Waals surface area contributed by atoms with Crippen LogP contribution < -0.4 is 0 Å². The normalized spacial score (nSPS) is 12.6. The van der Waals surface area contributed by atoms with Crippen LogP contribution in [0.15, 0.2) is 5.16 Å². The fourth-order valence-electron chi connectivity index (χ4n) is 0.312. The molecule has 0 rings (SSSR count). The summed E-state index contributed by atoms with van der Waals surface area (Å²) in [5.41, 5.74) is 0. The van der Waals surface area contributed by atoms with Crippen LogP contribution in [0.1, 0.15) is 6.42 Å². The number of oxime groups is 1. The molecule has 0 aromatic heterocycles. The van der Waals surface area contributed by atoms with E-state index >= 15 is 0 Å². The lowest BCUT2D eigenvalue weighted by molar-refractivity contribution is 0.148. The lowest BCUT2D eigenvalue weighted by atomic mass is 10.5. The van der Waals surface area contributed by atoms with E-state index in [1.54, 1.807) is 0 Å². The molecule has 0 aromatic rings. The number of hydrogen-bond donors (Lipinski definition) is 1. The highest BCUT2D eigenvalue weighted by Gasteiger charge is 1.91. The maximum absolute atomic E-state index is 9.97. The van der Waals surface area contributed by atoms with Crippen LogP contribution in [0, 0.1) is 0 Å². The first-order valence-corrected chi connectivity index (χ1v) is 3.70. The zero-order valence-corrected chi connectivity index (χ0v) is 5.76. The van der Waals surface area contributed by atoms with Gasteiger partial charge in [0.25, 0.3) is 0 Å². The summed E-state index contributed by atoms with van der Waals surface area (Å²) >= 11 is -1.71. The van der Waals surface area contributed by atoms with Crippen molar-refractivity contribution in [1.29, 1.82) is 0 Å². The lowest BCUT2D eigenvalue weighted by Crippen LogP contribution is -1.98. The quantitative estimate of drug-likeness (QED) is 0.265. The average Bonchev–Trinajstić information content (AvgIpc) is 1.80. The van der Waals surface area contributed by atoms with Gasteiger partial charge in [0.05, 0.1) is 5.75 Å². The Labute approximate surface area is 56.2 Å². The van der Waals surface area contributed by atoms with Crippen LogP contribution in [-0.4, -0.2) is 27.8 Å². The predicted octanol–water partition coefficient (Wildman–Crippen LogP) is 0.230.